The Labute approximate surface area is 194 Å². The summed E-state index contributed by atoms with van der Waals surface area (Å²) in [6.07, 6.45) is 3.40. The highest BCUT2D eigenvalue weighted by atomic mass is 16.7. The molecule has 2 fully saturated rings. The summed E-state index contributed by atoms with van der Waals surface area (Å²) in [7, 11) is 0. The summed E-state index contributed by atoms with van der Waals surface area (Å²) in [5.74, 6) is 0. The SMILES string of the molecule is CCC(OCCOCCOCCOC(CC)OCC1(CC)COC1)OCC1(CC)COC1. The minimum Gasteiger partial charge on any atom is -0.380 e. The molecule has 2 saturated heterocycles. The second kappa shape index (κ2) is 15.6. The van der Waals surface area contributed by atoms with Crippen LogP contribution >= 0.6 is 0 Å². The third-order valence-electron chi connectivity index (χ3n) is 6.39. The summed E-state index contributed by atoms with van der Waals surface area (Å²) in [5, 5.41) is 0. The van der Waals surface area contributed by atoms with Gasteiger partial charge in [0.15, 0.2) is 12.6 Å². The van der Waals surface area contributed by atoms with E-state index >= 15 is 0 Å². The highest BCUT2D eigenvalue weighted by Gasteiger charge is 2.38. The van der Waals surface area contributed by atoms with Gasteiger partial charge in [-0.05, 0) is 25.7 Å². The van der Waals surface area contributed by atoms with Crippen molar-refractivity contribution in [3.63, 3.8) is 0 Å². The Morgan fingerprint density at radius 2 is 0.938 bits per heavy atom. The molecule has 0 aromatic heterocycles. The van der Waals surface area contributed by atoms with Crippen molar-refractivity contribution in [1.29, 1.82) is 0 Å². The maximum Gasteiger partial charge on any atom is 0.157 e. The van der Waals surface area contributed by atoms with Crippen LogP contribution in [0.15, 0.2) is 0 Å². The van der Waals surface area contributed by atoms with E-state index in [4.69, 9.17) is 37.9 Å². The smallest absolute Gasteiger partial charge is 0.157 e. The number of ether oxygens (including phenoxy) is 8. The van der Waals surface area contributed by atoms with Gasteiger partial charge < -0.3 is 37.9 Å². The first-order chi connectivity index (χ1) is 15.6. The Hall–Kier alpha value is -0.320. The summed E-state index contributed by atoms with van der Waals surface area (Å²) < 4.78 is 45.3. The molecule has 8 heteroatoms. The maximum absolute atomic E-state index is 5.93. The van der Waals surface area contributed by atoms with Crippen LogP contribution in [0.3, 0.4) is 0 Å². The van der Waals surface area contributed by atoms with Crippen LogP contribution in [0, 0.1) is 10.8 Å². The Bertz CT molecular complexity index is 414. The van der Waals surface area contributed by atoms with E-state index in [2.05, 4.69) is 27.7 Å². The van der Waals surface area contributed by atoms with Crippen LogP contribution in [0.2, 0.25) is 0 Å². The van der Waals surface area contributed by atoms with Gasteiger partial charge in [-0.1, -0.05) is 27.7 Å². The molecule has 2 heterocycles. The zero-order valence-corrected chi connectivity index (χ0v) is 20.7. The van der Waals surface area contributed by atoms with Crippen molar-refractivity contribution in [3.05, 3.63) is 0 Å². The molecule has 0 aromatic rings. The molecule has 2 rings (SSSR count). The molecule has 0 bridgehead atoms. The topological polar surface area (TPSA) is 73.8 Å². The third kappa shape index (κ3) is 9.50. The molecular weight excluding hydrogens is 416 g/mol. The quantitative estimate of drug-likeness (QED) is 0.190. The highest BCUT2D eigenvalue weighted by molar-refractivity contribution is 4.84. The van der Waals surface area contributed by atoms with Gasteiger partial charge in [0.05, 0.1) is 79.3 Å². The van der Waals surface area contributed by atoms with Crippen LogP contribution in [0.1, 0.15) is 53.4 Å². The largest absolute Gasteiger partial charge is 0.380 e. The van der Waals surface area contributed by atoms with Gasteiger partial charge >= 0.3 is 0 Å². The number of hydrogen-bond acceptors (Lipinski definition) is 8. The first kappa shape index (κ1) is 27.9. The van der Waals surface area contributed by atoms with E-state index in [1.165, 1.54) is 0 Å². The van der Waals surface area contributed by atoms with Crippen LogP contribution in [0.4, 0.5) is 0 Å². The maximum atomic E-state index is 5.93. The molecule has 2 aliphatic rings. The van der Waals surface area contributed by atoms with Crippen molar-refractivity contribution in [1.82, 2.24) is 0 Å². The average Bonchev–Trinajstić information content (AvgIpc) is 2.76. The van der Waals surface area contributed by atoms with Crippen molar-refractivity contribution in [3.8, 4) is 0 Å². The fourth-order valence-corrected chi connectivity index (χ4v) is 3.47. The molecule has 2 atom stereocenters. The summed E-state index contributed by atoms with van der Waals surface area (Å²) >= 11 is 0. The highest BCUT2D eigenvalue weighted by Crippen LogP contribution is 2.32. The van der Waals surface area contributed by atoms with Gasteiger partial charge in [-0.2, -0.15) is 0 Å². The lowest BCUT2D eigenvalue weighted by molar-refractivity contribution is -0.212. The monoisotopic (exact) mass is 462 g/mol. The lowest BCUT2D eigenvalue weighted by atomic mass is 9.84. The van der Waals surface area contributed by atoms with Gasteiger partial charge in [0.1, 0.15) is 0 Å². The van der Waals surface area contributed by atoms with Gasteiger partial charge in [-0.25, -0.2) is 0 Å². The molecule has 0 amide bonds. The predicted octanol–water partition coefficient (Wildman–Crippen LogP) is 3.41. The molecule has 190 valence electrons. The van der Waals surface area contributed by atoms with E-state index in [1.807, 2.05) is 0 Å². The molecular formula is C24H46O8. The van der Waals surface area contributed by atoms with Crippen molar-refractivity contribution in [2.24, 2.45) is 10.8 Å². The predicted molar refractivity (Wildman–Crippen MR) is 121 cm³/mol. The number of hydrogen-bond donors (Lipinski definition) is 0. The molecule has 0 radical (unpaired) electrons. The Balaban J connectivity index is 1.39. The van der Waals surface area contributed by atoms with Crippen LogP contribution in [-0.2, 0) is 37.9 Å². The van der Waals surface area contributed by atoms with Gasteiger partial charge in [-0.3, -0.25) is 0 Å². The van der Waals surface area contributed by atoms with E-state index in [0.29, 0.717) is 52.9 Å². The normalized spacial score (nSPS) is 21.0. The summed E-state index contributed by atoms with van der Waals surface area (Å²) in [4.78, 5) is 0. The lowest BCUT2D eigenvalue weighted by Crippen LogP contribution is -2.46. The van der Waals surface area contributed by atoms with Gasteiger partial charge in [0.25, 0.3) is 0 Å². The Morgan fingerprint density at radius 3 is 1.22 bits per heavy atom. The second-order valence-electron chi connectivity index (χ2n) is 8.96. The molecule has 0 saturated carbocycles. The first-order valence-electron chi connectivity index (χ1n) is 12.4. The molecule has 2 unspecified atom stereocenters. The van der Waals surface area contributed by atoms with Gasteiger partial charge in [0.2, 0.25) is 0 Å². The first-order valence-corrected chi connectivity index (χ1v) is 12.4. The van der Waals surface area contributed by atoms with Crippen molar-refractivity contribution < 1.29 is 37.9 Å². The Morgan fingerprint density at radius 1 is 0.562 bits per heavy atom. The molecule has 2 aliphatic heterocycles. The van der Waals surface area contributed by atoms with Crippen LogP contribution in [0.5, 0.6) is 0 Å². The molecule has 32 heavy (non-hydrogen) atoms. The minimum absolute atomic E-state index is 0.181. The molecule has 0 aromatic carbocycles. The van der Waals surface area contributed by atoms with E-state index < -0.39 is 0 Å². The molecule has 0 N–H and O–H groups in total. The van der Waals surface area contributed by atoms with Crippen LogP contribution in [0.25, 0.3) is 0 Å². The van der Waals surface area contributed by atoms with Gasteiger partial charge in [-0.15, -0.1) is 0 Å². The summed E-state index contributed by atoms with van der Waals surface area (Å²) in [5.41, 5.74) is 0.363. The van der Waals surface area contributed by atoms with Gasteiger partial charge in [0, 0.05) is 10.8 Å². The molecule has 0 aliphatic carbocycles. The number of rotatable bonds is 21. The molecule has 8 nitrogen and oxygen atoms in total. The third-order valence-corrected chi connectivity index (χ3v) is 6.39. The lowest BCUT2D eigenvalue weighted by Gasteiger charge is -2.41. The average molecular weight is 463 g/mol. The standard InChI is InChI=1S/C24H46O8/c1-5-21(31-19-23(7-3)15-27-16-23)29-13-11-25-9-10-26-12-14-30-22(6-2)32-20-24(8-4)17-28-18-24/h21-22H,5-20H2,1-4H3. The molecule has 0 spiro atoms. The minimum atomic E-state index is -0.186. The fraction of sp³-hybridized carbons (Fsp3) is 1.00. The second-order valence-corrected chi connectivity index (χ2v) is 8.96. The summed E-state index contributed by atoms with van der Waals surface area (Å²) in [6.45, 7) is 16.2. The zero-order valence-electron chi connectivity index (χ0n) is 20.7. The van der Waals surface area contributed by atoms with E-state index in [1.54, 1.807) is 0 Å². The van der Waals surface area contributed by atoms with E-state index in [-0.39, 0.29) is 23.4 Å². The van der Waals surface area contributed by atoms with Crippen molar-refractivity contribution >= 4 is 0 Å². The van der Waals surface area contributed by atoms with Crippen molar-refractivity contribution in [2.45, 2.75) is 66.0 Å². The van der Waals surface area contributed by atoms with Crippen LogP contribution < -0.4 is 0 Å². The summed E-state index contributed by atoms with van der Waals surface area (Å²) in [6, 6.07) is 0. The van der Waals surface area contributed by atoms with E-state index in [0.717, 1.165) is 52.1 Å². The van der Waals surface area contributed by atoms with Crippen molar-refractivity contribution in [2.75, 3.05) is 79.3 Å². The fourth-order valence-electron chi connectivity index (χ4n) is 3.47. The van der Waals surface area contributed by atoms with Crippen LogP contribution in [-0.4, -0.2) is 91.9 Å². The van der Waals surface area contributed by atoms with E-state index in [9.17, 15) is 0 Å². The Kier molecular flexibility index (Phi) is 13.6. The zero-order chi connectivity index (χ0) is 23.1.